The van der Waals surface area contributed by atoms with Crippen LogP contribution < -0.4 is 22.1 Å². The Labute approximate surface area is 122 Å². The van der Waals surface area contributed by atoms with E-state index in [-0.39, 0.29) is 12.0 Å². The number of carbonyl (C=O) groups is 1. The maximum absolute atomic E-state index is 12.3. The lowest BCUT2D eigenvalue weighted by Gasteiger charge is -2.28. The summed E-state index contributed by atoms with van der Waals surface area (Å²) in [6.07, 6.45) is 5.41. The summed E-state index contributed by atoms with van der Waals surface area (Å²) in [6.45, 7) is 1.96. The molecule has 2 heterocycles. The second kappa shape index (κ2) is 4.53. The first kappa shape index (κ1) is 13.5. The van der Waals surface area contributed by atoms with Crippen molar-refractivity contribution in [1.82, 2.24) is 5.32 Å². The van der Waals surface area contributed by atoms with E-state index in [1.54, 1.807) is 19.2 Å². The highest BCUT2D eigenvalue weighted by Gasteiger charge is 2.37. The molecular formula is C15H18N4O2. The highest BCUT2D eigenvalue weighted by atomic mass is 16.5. The van der Waals surface area contributed by atoms with E-state index < -0.39 is 5.54 Å². The van der Waals surface area contributed by atoms with Gasteiger partial charge in [-0.15, -0.1) is 0 Å². The first-order chi connectivity index (χ1) is 9.96. The zero-order valence-electron chi connectivity index (χ0n) is 11.9. The molecular weight excluding hydrogens is 268 g/mol. The van der Waals surface area contributed by atoms with E-state index in [1.807, 2.05) is 25.3 Å². The summed E-state index contributed by atoms with van der Waals surface area (Å²) in [5.74, 6) is -0.188. The molecule has 1 aromatic rings. The number of methoxy groups -OCH3 is 1. The predicted octanol–water partition coefficient (Wildman–Crippen LogP) is 1.08. The Kier molecular flexibility index (Phi) is 2.91. The molecule has 0 radical (unpaired) electrons. The molecule has 0 saturated heterocycles. The molecule has 0 aromatic heterocycles. The van der Waals surface area contributed by atoms with Gasteiger partial charge in [-0.1, -0.05) is 0 Å². The van der Waals surface area contributed by atoms with Gasteiger partial charge in [0.1, 0.15) is 6.10 Å². The quantitative estimate of drug-likeness (QED) is 0.481. The predicted molar refractivity (Wildman–Crippen MR) is 83.4 cm³/mol. The van der Waals surface area contributed by atoms with Gasteiger partial charge in [0.15, 0.2) is 0 Å². The summed E-state index contributed by atoms with van der Waals surface area (Å²) in [7, 11) is 1.63. The zero-order chi connectivity index (χ0) is 15.2. The average molecular weight is 286 g/mol. The maximum Gasteiger partial charge on any atom is 0.256 e. The molecule has 1 aromatic carbocycles. The number of nitrogens with one attached hydrogen (secondary N) is 2. The van der Waals surface area contributed by atoms with Gasteiger partial charge in [0, 0.05) is 18.2 Å². The molecule has 0 spiro atoms. The van der Waals surface area contributed by atoms with Gasteiger partial charge in [0.2, 0.25) is 0 Å². The monoisotopic (exact) mass is 286 g/mol. The molecule has 6 nitrogen and oxygen atoms in total. The van der Waals surface area contributed by atoms with Crippen molar-refractivity contribution in [1.29, 1.82) is 0 Å². The first-order valence-corrected chi connectivity index (χ1v) is 6.66. The summed E-state index contributed by atoms with van der Waals surface area (Å²) in [6, 6.07) is 3.45. The van der Waals surface area contributed by atoms with Gasteiger partial charge in [0.05, 0.1) is 22.6 Å². The van der Waals surface area contributed by atoms with E-state index in [2.05, 4.69) is 10.6 Å². The number of fused-ring (bicyclic) bond motifs is 1. The summed E-state index contributed by atoms with van der Waals surface area (Å²) < 4.78 is 5.43. The van der Waals surface area contributed by atoms with Crippen LogP contribution in [0.2, 0.25) is 0 Å². The fraction of sp³-hybridized carbons (Fsp3) is 0.267. The second-order valence-corrected chi connectivity index (χ2v) is 5.45. The Morgan fingerprint density at radius 1 is 1.38 bits per heavy atom. The van der Waals surface area contributed by atoms with Gasteiger partial charge < -0.3 is 26.8 Å². The molecule has 6 heteroatoms. The van der Waals surface area contributed by atoms with Gasteiger partial charge in [-0.2, -0.15) is 0 Å². The minimum atomic E-state index is -0.514. The number of carbonyl (C=O) groups excluding carboxylic acids is 1. The van der Waals surface area contributed by atoms with E-state index in [9.17, 15) is 4.79 Å². The standard InChI is InChI=1S/C15H18N4O2/c1-15(11(21-2)5-6-18-15)7-8-12-10(19-14(8)20)4-3-9(16)13(12)17/h3-7,11,18H,16-17H2,1-2H3,(H,19,20)/b8-7-. The number of ether oxygens (including phenoxy) is 1. The third kappa shape index (κ3) is 1.95. The Bertz CT molecular complexity index is 680. The number of rotatable bonds is 2. The fourth-order valence-electron chi connectivity index (χ4n) is 2.81. The molecule has 6 N–H and O–H groups in total. The van der Waals surface area contributed by atoms with Crippen LogP contribution in [0, 0.1) is 0 Å². The van der Waals surface area contributed by atoms with Crippen LogP contribution >= 0.6 is 0 Å². The van der Waals surface area contributed by atoms with Gasteiger partial charge in [-0.05, 0) is 37.4 Å². The lowest BCUT2D eigenvalue weighted by Crippen LogP contribution is -2.44. The topological polar surface area (TPSA) is 102 Å². The Morgan fingerprint density at radius 2 is 2.14 bits per heavy atom. The number of hydrogen-bond donors (Lipinski definition) is 4. The number of benzene rings is 1. The van der Waals surface area contributed by atoms with Crippen molar-refractivity contribution in [2.24, 2.45) is 0 Å². The van der Waals surface area contributed by atoms with Crippen molar-refractivity contribution in [2.45, 2.75) is 18.6 Å². The van der Waals surface area contributed by atoms with Crippen LogP contribution in [-0.4, -0.2) is 24.7 Å². The molecule has 3 rings (SSSR count). The van der Waals surface area contributed by atoms with E-state index in [1.165, 1.54) is 0 Å². The van der Waals surface area contributed by atoms with E-state index in [0.717, 1.165) is 0 Å². The maximum atomic E-state index is 12.3. The van der Waals surface area contributed by atoms with Gasteiger partial charge in [-0.3, -0.25) is 4.79 Å². The van der Waals surface area contributed by atoms with Crippen LogP contribution in [0.3, 0.4) is 0 Å². The molecule has 2 unspecified atom stereocenters. The minimum absolute atomic E-state index is 0.163. The van der Waals surface area contributed by atoms with Crippen molar-refractivity contribution < 1.29 is 9.53 Å². The molecule has 21 heavy (non-hydrogen) atoms. The lowest BCUT2D eigenvalue weighted by atomic mass is 9.91. The van der Waals surface area contributed by atoms with Gasteiger partial charge in [-0.25, -0.2) is 0 Å². The van der Waals surface area contributed by atoms with Crippen LogP contribution in [-0.2, 0) is 9.53 Å². The Morgan fingerprint density at radius 3 is 2.86 bits per heavy atom. The van der Waals surface area contributed by atoms with Crippen molar-refractivity contribution in [2.75, 3.05) is 23.9 Å². The lowest BCUT2D eigenvalue weighted by molar-refractivity contribution is -0.110. The average Bonchev–Trinajstić information content (AvgIpc) is 2.96. The van der Waals surface area contributed by atoms with Crippen molar-refractivity contribution >= 4 is 28.5 Å². The molecule has 2 aliphatic rings. The summed E-state index contributed by atoms with van der Waals surface area (Å²) in [5.41, 5.74) is 14.1. The number of anilines is 3. The van der Waals surface area contributed by atoms with Crippen LogP contribution in [0.4, 0.5) is 17.1 Å². The van der Waals surface area contributed by atoms with Crippen molar-refractivity contribution in [3.8, 4) is 0 Å². The molecule has 0 fully saturated rings. The molecule has 1 amide bonds. The summed E-state index contributed by atoms with van der Waals surface area (Å²) in [4.78, 5) is 12.3. The Balaban J connectivity index is 2.11. The van der Waals surface area contributed by atoms with Crippen molar-refractivity contribution in [3.05, 3.63) is 36.0 Å². The van der Waals surface area contributed by atoms with Crippen LogP contribution in [0.1, 0.15) is 12.5 Å². The largest absolute Gasteiger partial charge is 0.397 e. The minimum Gasteiger partial charge on any atom is -0.397 e. The molecule has 0 bridgehead atoms. The molecule has 2 aliphatic heterocycles. The van der Waals surface area contributed by atoms with E-state index >= 15 is 0 Å². The highest BCUT2D eigenvalue weighted by Crippen LogP contribution is 2.40. The smallest absolute Gasteiger partial charge is 0.256 e. The van der Waals surface area contributed by atoms with E-state index in [0.29, 0.717) is 28.2 Å². The third-order valence-electron chi connectivity index (χ3n) is 4.00. The zero-order valence-corrected chi connectivity index (χ0v) is 11.9. The first-order valence-electron chi connectivity index (χ1n) is 6.66. The van der Waals surface area contributed by atoms with Crippen molar-refractivity contribution in [3.63, 3.8) is 0 Å². The normalized spacial score (nSPS) is 28.6. The second-order valence-electron chi connectivity index (χ2n) is 5.45. The molecule has 0 saturated carbocycles. The third-order valence-corrected chi connectivity index (χ3v) is 4.00. The number of hydrogen-bond acceptors (Lipinski definition) is 5. The fourth-order valence-corrected chi connectivity index (χ4v) is 2.81. The van der Waals surface area contributed by atoms with Gasteiger partial charge in [0.25, 0.3) is 5.91 Å². The molecule has 0 aliphatic carbocycles. The molecule has 110 valence electrons. The number of nitrogen functional groups attached to an aromatic ring is 2. The number of amides is 1. The van der Waals surface area contributed by atoms with Gasteiger partial charge >= 0.3 is 0 Å². The van der Waals surface area contributed by atoms with Crippen LogP contribution in [0.5, 0.6) is 0 Å². The summed E-state index contributed by atoms with van der Waals surface area (Å²) in [5, 5.41) is 6.02. The van der Waals surface area contributed by atoms with Crippen LogP contribution in [0.25, 0.3) is 5.57 Å². The molecule has 2 atom stereocenters. The van der Waals surface area contributed by atoms with E-state index in [4.69, 9.17) is 16.2 Å². The Hall–Kier alpha value is -2.47. The number of nitrogens with two attached hydrogens (primary N) is 2. The summed E-state index contributed by atoms with van der Waals surface area (Å²) >= 11 is 0. The SMILES string of the molecule is COC1C=CNC1(C)/C=C1\C(=O)Nc2ccc(N)c(N)c21. The highest BCUT2D eigenvalue weighted by molar-refractivity contribution is 6.33. The van der Waals surface area contributed by atoms with Crippen LogP contribution in [0.15, 0.2) is 30.5 Å².